The van der Waals surface area contributed by atoms with E-state index in [1.165, 1.54) is 4.90 Å². The molecule has 5 nitrogen and oxygen atoms in total. The van der Waals surface area contributed by atoms with Crippen molar-refractivity contribution in [2.75, 3.05) is 18.9 Å². The van der Waals surface area contributed by atoms with Crippen molar-refractivity contribution < 1.29 is 19.1 Å². The van der Waals surface area contributed by atoms with Crippen molar-refractivity contribution in [3.63, 3.8) is 0 Å². The Morgan fingerprint density at radius 2 is 2.25 bits per heavy atom. The zero-order chi connectivity index (χ0) is 12.1. The molecule has 0 aromatic heterocycles. The predicted molar refractivity (Wildman–Crippen MR) is 60.0 cm³/mol. The van der Waals surface area contributed by atoms with Crippen LogP contribution in [-0.4, -0.2) is 40.9 Å². The van der Waals surface area contributed by atoms with Gasteiger partial charge in [-0.2, -0.15) is 0 Å². The molecule has 1 rings (SSSR count). The molecular formula is C10H15NO4S. The second-order valence-corrected chi connectivity index (χ2v) is 4.47. The highest BCUT2D eigenvalue weighted by atomic mass is 32.2. The molecule has 0 saturated carbocycles. The van der Waals surface area contributed by atoms with E-state index in [-0.39, 0.29) is 28.8 Å². The number of imide groups is 1. The summed E-state index contributed by atoms with van der Waals surface area (Å²) in [7, 11) is 0. The Bertz CT molecular complexity index is 289. The third-order valence-corrected chi connectivity index (χ3v) is 3.17. The second kappa shape index (κ2) is 5.89. The minimum atomic E-state index is -0.286. The summed E-state index contributed by atoms with van der Waals surface area (Å²) in [6.45, 7) is 4.12. The minimum absolute atomic E-state index is 0.175. The van der Waals surface area contributed by atoms with Gasteiger partial charge >= 0.3 is 5.97 Å². The van der Waals surface area contributed by atoms with Crippen LogP contribution in [0.25, 0.3) is 0 Å². The Balaban J connectivity index is 2.36. The minimum Gasteiger partial charge on any atom is -0.466 e. The second-order valence-electron chi connectivity index (χ2n) is 3.54. The molecule has 2 amide bonds. The number of thioether (sulfide) groups is 1. The van der Waals surface area contributed by atoms with Crippen molar-refractivity contribution in [2.45, 2.75) is 20.3 Å². The van der Waals surface area contributed by atoms with E-state index >= 15 is 0 Å². The van der Waals surface area contributed by atoms with E-state index < -0.39 is 0 Å². The van der Waals surface area contributed by atoms with Crippen LogP contribution in [0.15, 0.2) is 0 Å². The molecule has 0 aromatic rings. The van der Waals surface area contributed by atoms with E-state index in [9.17, 15) is 14.4 Å². The number of hydrogen-bond donors (Lipinski definition) is 0. The highest BCUT2D eigenvalue weighted by molar-refractivity contribution is 8.14. The molecule has 1 fully saturated rings. The highest BCUT2D eigenvalue weighted by Crippen LogP contribution is 2.20. The van der Waals surface area contributed by atoms with Gasteiger partial charge in [-0.25, -0.2) is 0 Å². The molecule has 1 atom stereocenters. The van der Waals surface area contributed by atoms with E-state index in [1.54, 1.807) is 13.8 Å². The summed E-state index contributed by atoms with van der Waals surface area (Å²) in [6, 6.07) is 0. The number of hydrogen-bond acceptors (Lipinski definition) is 5. The Kier molecular flexibility index (Phi) is 4.79. The fourth-order valence-electron chi connectivity index (χ4n) is 1.32. The molecule has 0 aliphatic carbocycles. The molecule has 0 aromatic carbocycles. The summed E-state index contributed by atoms with van der Waals surface area (Å²) in [5, 5.41) is -0.221. The van der Waals surface area contributed by atoms with E-state index in [0.717, 1.165) is 11.8 Å². The SMILES string of the molecule is CCOC(=O)C(C)CCN1C(=O)CSC1=O. The van der Waals surface area contributed by atoms with Crippen molar-refractivity contribution in [3.8, 4) is 0 Å². The number of rotatable bonds is 5. The van der Waals surface area contributed by atoms with Gasteiger partial charge in [0.15, 0.2) is 0 Å². The zero-order valence-electron chi connectivity index (χ0n) is 9.39. The molecule has 6 heteroatoms. The predicted octanol–water partition coefficient (Wildman–Crippen LogP) is 1.27. The zero-order valence-corrected chi connectivity index (χ0v) is 10.2. The number of amides is 2. The largest absolute Gasteiger partial charge is 0.466 e. The lowest BCUT2D eigenvalue weighted by molar-refractivity contribution is -0.148. The number of esters is 1. The van der Waals surface area contributed by atoms with Crippen LogP contribution in [0.1, 0.15) is 20.3 Å². The third-order valence-electron chi connectivity index (χ3n) is 2.32. The average Bonchev–Trinajstić information content (AvgIpc) is 2.56. The molecule has 1 heterocycles. The molecular weight excluding hydrogens is 230 g/mol. The van der Waals surface area contributed by atoms with E-state index in [0.29, 0.717) is 19.6 Å². The average molecular weight is 245 g/mol. The fraction of sp³-hybridized carbons (Fsp3) is 0.700. The summed E-state index contributed by atoms with van der Waals surface area (Å²) in [5.41, 5.74) is 0. The van der Waals surface area contributed by atoms with Gasteiger partial charge in [-0.05, 0) is 13.3 Å². The van der Waals surface area contributed by atoms with Crippen LogP contribution in [0, 0.1) is 5.92 Å². The number of carbonyl (C=O) groups is 3. The molecule has 0 spiro atoms. The van der Waals surface area contributed by atoms with Gasteiger partial charge in [-0.3, -0.25) is 19.3 Å². The molecule has 1 unspecified atom stereocenters. The van der Waals surface area contributed by atoms with Crippen molar-refractivity contribution in [1.29, 1.82) is 0 Å². The Labute approximate surface area is 98.5 Å². The molecule has 1 aliphatic rings. The van der Waals surface area contributed by atoms with Crippen LogP contribution in [0.2, 0.25) is 0 Å². The summed E-state index contributed by atoms with van der Waals surface area (Å²) in [4.78, 5) is 35.0. The fourth-order valence-corrected chi connectivity index (χ4v) is 2.07. The molecule has 90 valence electrons. The van der Waals surface area contributed by atoms with Crippen LogP contribution >= 0.6 is 11.8 Å². The summed E-state index contributed by atoms with van der Waals surface area (Å²) in [6.07, 6.45) is 0.455. The van der Waals surface area contributed by atoms with Gasteiger partial charge in [0, 0.05) is 6.54 Å². The quantitative estimate of drug-likeness (QED) is 0.682. The van der Waals surface area contributed by atoms with Crippen LogP contribution in [0.4, 0.5) is 4.79 Å². The first-order valence-electron chi connectivity index (χ1n) is 5.20. The standard InChI is InChI=1S/C10H15NO4S/c1-3-15-9(13)7(2)4-5-11-8(12)6-16-10(11)14/h7H,3-6H2,1-2H3. The lowest BCUT2D eigenvalue weighted by Crippen LogP contribution is -2.31. The molecule has 16 heavy (non-hydrogen) atoms. The van der Waals surface area contributed by atoms with Gasteiger partial charge in [-0.1, -0.05) is 18.7 Å². The number of nitrogens with zero attached hydrogens (tertiary/aromatic N) is 1. The lowest BCUT2D eigenvalue weighted by atomic mass is 10.1. The normalized spacial score (nSPS) is 17.8. The maximum atomic E-state index is 11.3. The van der Waals surface area contributed by atoms with E-state index in [2.05, 4.69) is 0 Å². The number of ether oxygens (including phenoxy) is 1. The van der Waals surface area contributed by atoms with Crippen LogP contribution in [0.3, 0.4) is 0 Å². The molecule has 0 radical (unpaired) electrons. The van der Waals surface area contributed by atoms with Gasteiger partial charge < -0.3 is 4.74 Å². The first-order valence-corrected chi connectivity index (χ1v) is 6.18. The van der Waals surface area contributed by atoms with Crippen molar-refractivity contribution in [2.24, 2.45) is 5.92 Å². The summed E-state index contributed by atoms with van der Waals surface area (Å²) >= 11 is 1.01. The maximum absolute atomic E-state index is 11.3. The molecule has 0 N–H and O–H groups in total. The Morgan fingerprint density at radius 3 is 2.75 bits per heavy atom. The summed E-state index contributed by atoms with van der Waals surface area (Å²) in [5.74, 6) is -0.529. The monoisotopic (exact) mass is 245 g/mol. The van der Waals surface area contributed by atoms with Crippen molar-refractivity contribution in [1.82, 2.24) is 4.90 Å². The van der Waals surface area contributed by atoms with Gasteiger partial charge in [0.05, 0.1) is 18.3 Å². The van der Waals surface area contributed by atoms with Gasteiger partial charge in [0.1, 0.15) is 0 Å². The number of carbonyl (C=O) groups excluding carboxylic acids is 3. The third kappa shape index (κ3) is 3.23. The molecule has 1 aliphatic heterocycles. The smallest absolute Gasteiger partial charge is 0.308 e. The lowest BCUT2D eigenvalue weighted by Gasteiger charge is -2.15. The van der Waals surface area contributed by atoms with Gasteiger partial charge in [0.2, 0.25) is 5.91 Å². The maximum Gasteiger partial charge on any atom is 0.308 e. The van der Waals surface area contributed by atoms with Crippen molar-refractivity contribution >= 4 is 28.9 Å². The summed E-state index contributed by atoms with van der Waals surface area (Å²) < 4.78 is 4.84. The van der Waals surface area contributed by atoms with E-state index in [4.69, 9.17) is 4.74 Å². The van der Waals surface area contributed by atoms with Crippen LogP contribution in [0.5, 0.6) is 0 Å². The Hall–Kier alpha value is -1.04. The molecule has 0 bridgehead atoms. The van der Waals surface area contributed by atoms with Crippen LogP contribution < -0.4 is 0 Å². The topological polar surface area (TPSA) is 63.7 Å². The first kappa shape index (κ1) is 13.0. The van der Waals surface area contributed by atoms with Crippen LogP contribution in [-0.2, 0) is 14.3 Å². The van der Waals surface area contributed by atoms with E-state index in [1.807, 2.05) is 0 Å². The Morgan fingerprint density at radius 1 is 1.56 bits per heavy atom. The highest BCUT2D eigenvalue weighted by Gasteiger charge is 2.30. The van der Waals surface area contributed by atoms with Crippen molar-refractivity contribution in [3.05, 3.63) is 0 Å². The molecule has 1 saturated heterocycles. The first-order chi connectivity index (χ1) is 7.56. The van der Waals surface area contributed by atoms with Gasteiger partial charge in [-0.15, -0.1) is 0 Å². The van der Waals surface area contributed by atoms with Gasteiger partial charge in [0.25, 0.3) is 5.24 Å².